The van der Waals surface area contributed by atoms with E-state index >= 15 is 0 Å². The molecule has 3 nitrogen and oxygen atoms in total. The van der Waals surface area contributed by atoms with Gasteiger partial charge in [-0.05, 0) is 43.2 Å². The van der Waals surface area contributed by atoms with Crippen molar-refractivity contribution in [1.29, 1.82) is 0 Å². The first kappa shape index (κ1) is 13.5. The van der Waals surface area contributed by atoms with Gasteiger partial charge in [0.2, 0.25) is 5.91 Å². The average Bonchev–Trinajstić information content (AvgIpc) is 2.47. The van der Waals surface area contributed by atoms with Gasteiger partial charge in [-0.15, -0.1) is 0 Å². The molecule has 1 aromatic carbocycles. The molecule has 3 heteroatoms. The van der Waals surface area contributed by atoms with Crippen LogP contribution in [-0.2, 0) is 4.79 Å². The predicted molar refractivity (Wildman–Crippen MR) is 79.5 cm³/mol. The largest absolute Gasteiger partial charge is 0.508 e. The number of amides is 1. The van der Waals surface area contributed by atoms with Gasteiger partial charge in [-0.25, -0.2) is 0 Å². The summed E-state index contributed by atoms with van der Waals surface area (Å²) in [7, 11) is 0. The van der Waals surface area contributed by atoms with Crippen molar-refractivity contribution in [2.75, 3.05) is 5.32 Å². The summed E-state index contributed by atoms with van der Waals surface area (Å²) in [6.45, 7) is 0. The Morgan fingerprint density at radius 1 is 1.10 bits per heavy atom. The summed E-state index contributed by atoms with van der Waals surface area (Å²) >= 11 is 0. The monoisotopic (exact) mass is 273 g/mol. The minimum atomic E-state index is 0.125. The van der Waals surface area contributed by atoms with Crippen LogP contribution < -0.4 is 5.32 Å². The molecule has 1 amide bonds. The lowest BCUT2D eigenvalue weighted by atomic mass is 9.67. The molecule has 0 aliphatic heterocycles. The molecule has 0 heterocycles. The van der Waals surface area contributed by atoms with Crippen LogP contribution in [0.3, 0.4) is 0 Å². The van der Waals surface area contributed by atoms with E-state index in [0.29, 0.717) is 5.69 Å². The molecule has 3 atom stereocenters. The van der Waals surface area contributed by atoms with Crippen molar-refractivity contribution in [3.8, 4) is 5.75 Å². The molecule has 0 saturated heterocycles. The molecule has 2 aliphatic rings. The quantitative estimate of drug-likeness (QED) is 0.857. The molecule has 0 radical (unpaired) electrons. The van der Waals surface area contributed by atoms with Crippen LogP contribution in [0, 0.1) is 17.8 Å². The number of hydrogen-bond acceptors (Lipinski definition) is 2. The normalized spacial score (nSPS) is 29.5. The molecule has 2 aliphatic carbocycles. The number of hydrogen-bond donors (Lipinski definition) is 2. The molecule has 2 fully saturated rings. The zero-order chi connectivity index (χ0) is 13.9. The van der Waals surface area contributed by atoms with Crippen LogP contribution in [0.1, 0.15) is 44.9 Å². The van der Waals surface area contributed by atoms with Crippen LogP contribution in [0.25, 0.3) is 0 Å². The Hall–Kier alpha value is -1.51. The van der Waals surface area contributed by atoms with E-state index in [1.54, 1.807) is 18.2 Å². The number of anilines is 1. The highest BCUT2D eigenvalue weighted by atomic mass is 16.3. The second-order valence-corrected chi connectivity index (χ2v) is 6.35. The van der Waals surface area contributed by atoms with Gasteiger partial charge in [-0.3, -0.25) is 4.79 Å². The fourth-order valence-corrected chi connectivity index (χ4v) is 3.94. The third-order valence-electron chi connectivity index (χ3n) is 5.02. The van der Waals surface area contributed by atoms with E-state index in [-0.39, 0.29) is 17.6 Å². The van der Waals surface area contributed by atoms with E-state index in [9.17, 15) is 9.90 Å². The van der Waals surface area contributed by atoms with Gasteiger partial charge >= 0.3 is 0 Å². The van der Waals surface area contributed by atoms with Crippen LogP contribution >= 0.6 is 0 Å². The summed E-state index contributed by atoms with van der Waals surface area (Å²) in [6.07, 6.45) is 8.67. The molecule has 1 aromatic rings. The van der Waals surface area contributed by atoms with Crippen molar-refractivity contribution in [3.63, 3.8) is 0 Å². The lowest BCUT2D eigenvalue weighted by molar-refractivity contribution is -0.122. The highest BCUT2D eigenvalue weighted by Crippen LogP contribution is 2.42. The zero-order valence-corrected chi connectivity index (χ0v) is 11.8. The van der Waals surface area contributed by atoms with E-state index in [4.69, 9.17) is 0 Å². The van der Waals surface area contributed by atoms with E-state index in [2.05, 4.69) is 5.32 Å². The first-order valence-electron chi connectivity index (χ1n) is 7.82. The Balaban J connectivity index is 1.60. The molecule has 2 N–H and O–H groups in total. The lowest BCUT2D eigenvalue weighted by Gasteiger charge is -2.38. The number of aromatic hydroxyl groups is 1. The van der Waals surface area contributed by atoms with Crippen LogP contribution in [0.15, 0.2) is 24.3 Å². The summed E-state index contributed by atoms with van der Waals surface area (Å²) in [5, 5.41) is 12.4. The molecule has 0 bridgehead atoms. The fourth-order valence-electron chi connectivity index (χ4n) is 3.94. The number of carbonyl (C=O) groups is 1. The summed E-state index contributed by atoms with van der Waals surface area (Å²) < 4.78 is 0. The smallest absolute Gasteiger partial charge is 0.227 e. The zero-order valence-electron chi connectivity index (χ0n) is 11.8. The summed E-state index contributed by atoms with van der Waals surface area (Å²) in [5.74, 6) is 2.10. The molecular formula is C17H23NO2. The number of phenols is 1. The number of rotatable bonds is 2. The third-order valence-corrected chi connectivity index (χ3v) is 5.02. The van der Waals surface area contributed by atoms with Crippen LogP contribution in [0.4, 0.5) is 5.69 Å². The van der Waals surface area contributed by atoms with E-state index in [1.807, 2.05) is 6.07 Å². The maximum absolute atomic E-state index is 12.4. The highest BCUT2D eigenvalue weighted by Gasteiger charge is 2.34. The third kappa shape index (κ3) is 2.97. The van der Waals surface area contributed by atoms with Gasteiger partial charge in [-0.1, -0.05) is 31.7 Å². The number of fused-ring (bicyclic) bond motifs is 1. The van der Waals surface area contributed by atoms with E-state index in [1.165, 1.54) is 32.1 Å². The van der Waals surface area contributed by atoms with Gasteiger partial charge in [0.05, 0.1) is 0 Å². The summed E-state index contributed by atoms with van der Waals surface area (Å²) in [6, 6.07) is 6.79. The molecule has 0 spiro atoms. The van der Waals surface area contributed by atoms with Crippen molar-refractivity contribution in [3.05, 3.63) is 24.3 Å². The first-order valence-corrected chi connectivity index (χ1v) is 7.82. The molecule has 108 valence electrons. The minimum Gasteiger partial charge on any atom is -0.508 e. The SMILES string of the molecule is O=C(Nc1cccc(O)c1)C1CCC2CCCCC2C1. The molecular weight excluding hydrogens is 250 g/mol. The Morgan fingerprint density at radius 3 is 2.70 bits per heavy atom. The summed E-state index contributed by atoms with van der Waals surface area (Å²) in [4.78, 5) is 12.4. The number of benzene rings is 1. The van der Waals surface area contributed by atoms with Gasteiger partial charge in [0.15, 0.2) is 0 Å². The lowest BCUT2D eigenvalue weighted by Crippen LogP contribution is -2.33. The standard InChI is InChI=1S/C17H23NO2/c19-16-7-3-6-15(11-16)18-17(20)14-9-8-12-4-1-2-5-13(12)10-14/h3,6-7,11-14,19H,1-2,4-5,8-10H2,(H,18,20). The Morgan fingerprint density at radius 2 is 1.90 bits per heavy atom. The van der Waals surface area contributed by atoms with Gasteiger partial charge < -0.3 is 10.4 Å². The van der Waals surface area contributed by atoms with Crippen molar-refractivity contribution < 1.29 is 9.90 Å². The Bertz CT molecular complexity index is 486. The van der Waals surface area contributed by atoms with E-state index < -0.39 is 0 Å². The molecule has 3 rings (SSSR count). The van der Waals surface area contributed by atoms with Gasteiger partial charge in [-0.2, -0.15) is 0 Å². The van der Waals surface area contributed by atoms with Gasteiger partial charge in [0.25, 0.3) is 0 Å². The summed E-state index contributed by atoms with van der Waals surface area (Å²) in [5.41, 5.74) is 0.695. The van der Waals surface area contributed by atoms with Crippen LogP contribution in [-0.4, -0.2) is 11.0 Å². The van der Waals surface area contributed by atoms with Crippen LogP contribution in [0.2, 0.25) is 0 Å². The van der Waals surface area contributed by atoms with Gasteiger partial charge in [0, 0.05) is 17.7 Å². The second-order valence-electron chi connectivity index (χ2n) is 6.35. The fraction of sp³-hybridized carbons (Fsp3) is 0.588. The Labute approximate surface area is 120 Å². The van der Waals surface area contributed by atoms with Crippen molar-refractivity contribution in [1.82, 2.24) is 0 Å². The minimum absolute atomic E-state index is 0.125. The molecule has 3 unspecified atom stereocenters. The van der Waals surface area contributed by atoms with Crippen molar-refractivity contribution in [2.45, 2.75) is 44.9 Å². The predicted octanol–water partition coefficient (Wildman–Crippen LogP) is 3.94. The number of carbonyl (C=O) groups excluding carboxylic acids is 1. The maximum atomic E-state index is 12.4. The second kappa shape index (κ2) is 5.86. The number of nitrogens with one attached hydrogen (secondary N) is 1. The average molecular weight is 273 g/mol. The Kier molecular flexibility index (Phi) is 3.95. The first-order chi connectivity index (χ1) is 9.72. The molecule has 2 saturated carbocycles. The number of phenolic OH excluding ortho intramolecular Hbond substituents is 1. The van der Waals surface area contributed by atoms with Gasteiger partial charge in [0.1, 0.15) is 5.75 Å². The molecule has 20 heavy (non-hydrogen) atoms. The molecule has 0 aromatic heterocycles. The van der Waals surface area contributed by atoms with Crippen molar-refractivity contribution >= 4 is 11.6 Å². The van der Waals surface area contributed by atoms with Crippen LogP contribution in [0.5, 0.6) is 5.75 Å². The van der Waals surface area contributed by atoms with Crippen molar-refractivity contribution in [2.24, 2.45) is 17.8 Å². The highest BCUT2D eigenvalue weighted by molar-refractivity contribution is 5.92. The topological polar surface area (TPSA) is 49.3 Å². The van der Waals surface area contributed by atoms with E-state index in [0.717, 1.165) is 24.7 Å². The maximum Gasteiger partial charge on any atom is 0.227 e.